The summed E-state index contributed by atoms with van der Waals surface area (Å²) < 4.78 is 1.98. The molecule has 0 bridgehead atoms. The van der Waals surface area contributed by atoms with E-state index in [4.69, 9.17) is 9.97 Å². The highest BCUT2D eigenvalue weighted by Gasteiger charge is 2.36. The maximum absolute atomic E-state index is 4.89. The largest absolute Gasteiger partial charge is 0.356 e. The lowest BCUT2D eigenvalue weighted by Gasteiger charge is -2.20. The van der Waals surface area contributed by atoms with Gasteiger partial charge in [-0.2, -0.15) is 9.97 Å². The molecule has 1 aliphatic heterocycles. The molecular weight excluding hydrogens is 412 g/mol. The Balaban J connectivity index is 1.33. The molecule has 4 aromatic rings. The summed E-state index contributed by atoms with van der Waals surface area (Å²) in [4.78, 5) is 21.1. The minimum Gasteiger partial charge on any atom is -0.356 e. The smallest absolute Gasteiger partial charge is 0.232 e. The van der Waals surface area contributed by atoms with Crippen LogP contribution in [0.4, 0.5) is 29.1 Å². The zero-order valence-corrected chi connectivity index (χ0v) is 19.0. The summed E-state index contributed by atoms with van der Waals surface area (Å²) in [6, 6.07) is 10.2. The first-order valence-corrected chi connectivity index (χ1v) is 11.7. The molecule has 8 heteroatoms. The molecule has 0 spiro atoms. The van der Waals surface area contributed by atoms with Crippen molar-refractivity contribution < 1.29 is 0 Å². The van der Waals surface area contributed by atoms with Gasteiger partial charge in [0.15, 0.2) is 0 Å². The van der Waals surface area contributed by atoms with Crippen molar-refractivity contribution in [3.63, 3.8) is 0 Å². The lowest BCUT2D eigenvalue weighted by Crippen LogP contribution is -2.22. The summed E-state index contributed by atoms with van der Waals surface area (Å²) in [6.07, 6.45) is 9.75. The lowest BCUT2D eigenvalue weighted by atomic mass is 10.0. The van der Waals surface area contributed by atoms with Crippen molar-refractivity contribution in [2.24, 2.45) is 11.8 Å². The van der Waals surface area contributed by atoms with E-state index in [-0.39, 0.29) is 0 Å². The number of rotatable bonds is 5. The van der Waals surface area contributed by atoms with Crippen LogP contribution < -0.4 is 15.5 Å². The van der Waals surface area contributed by atoms with Gasteiger partial charge in [0.05, 0.1) is 0 Å². The maximum Gasteiger partial charge on any atom is 0.232 e. The quantitative estimate of drug-likeness (QED) is 0.458. The fourth-order valence-electron chi connectivity index (χ4n) is 5.29. The molecule has 4 aromatic heterocycles. The summed E-state index contributed by atoms with van der Waals surface area (Å²) in [5.74, 6) is 4.59. The van der Waals surface area contributed by atoms with E-state index in [9.17, 15) is 0 Å². The van der Waals surface area contributed by atoms with E-state index in [1.54, 1.807) is 6.20 Å². The number of aryl methyl sites for hydroxylation is 2. The molecular formula is C25H28N8. The van der Waals surface area contributed by atoms with Gasteiger partial charge in [-0.1, -0.05) is 6.42 Å². The summed E-state index contributed by atoms with van der Waals surface area (Å²) in [5.41, 5.74) is 3.94. The minimum atomic E-state index is 0.548. The van der Waals surface area contributed by atoms with Gasteiger partial charge in [0.2, 0.25) is 5.95 Å². The molecule has 8 nitrogen and oxygen atoms in total. The van der Waals surface area contributed by atoms with E-state index in [0.717, 1.165) is 65.0 Å². The Bertz CT molecular complexity index is 1280. The van der Waals surface area contributed by atoms with Crippen LogP contribution in [-0.4, -0.2) is 37.4 Å². The van der Waals surface area contributed by atoms with Gasteiger partial charge < -0.3 is 19.9 Å². The van der Waals surface area contributed by atoms with Crippen LogP contribution in [0, 0.1) is 25.7 Å². The number of anilines is 5. The predicted octanol–water partition coefficient (Wildman–Crippen LogP) is 4.86. The SMILES string of the molecule is Cc1cc(C)nc(Nc2nc(Nc3ccn4ccnc4c3)cc(N3C[C@H]4CCC[C@H]4C3)n2)c1. The van der Waals surface area contributed by atoms with E-state index in [1.165, 1.54) is 19.3 Å². The highest BCUT2D eigenvalue weighted by Crippen LogP contribution is 2.39. The second kappa shape index (κ2) is 8.03. The number of aromatic nitrogens is 5. The monoisotopic (exact) mass is 440 g/mol. The fraction of sp³-hybridized carbons (Fsp3) is 0.360. The number of pyridine rings is 2. The van der Waals surface area contributed by atoms with Crippen molar-refractivity contribution in [3.8, 4) is 0 Å². The minimum absolute atomic E-state index is 0.548. The van der Waals surface area contributed by atoms with Crippen molar-refractivity contribution in [3.05, 3.63) is 60.2 Å². The third-order valence-electron chi connectivity index (χ3n) is 6.77. The van der Waals surface area contributed by atoms with Gasteiger partial charge in [0.25, 0.3) is 0 Å². The Morgan fingerprint density at radius 1 is 0.879 bits per heavy atom. The molecule has 1 saturated carbocycles. The van der Waals surface area contributed by atoms with Crippen LogP contribution in [0.2, 0.25) is 0 Å². The zero-order chi connectivity index (χ0) is 22.4. The Hall–Kier alpha value is -3.68. The Morgan fingerprint density at radius 3 is 2.52 bits per heavy atom. The first kappa shape index (κ1) is 20.0. The van der Waals surface area contributed by atoms with Crippen molar-refractivity contribution >= 4 is 34.7 Å². The highest BCUT2D eigenvalue weighted by atomic mass is 15.3. The molecule has 2 N–H and O–H groups in total. The van der Waals surface area contributed by atoms with E-state index >= 15 is 0 Å². The second-order valence-electron chi connectivity index (χ2n) is 9.32. The number of fused-ring (bicyclic) bond motifs is 2. The van der Waals surface area contributed by atoms with Gasteiger partial charge in [0.1, 0.15) is 23.1 Å². The van der Waals surface area contributed by atoms with E-state index in [0.29, 0.717) is 5.95 Å². The third-order valence-corrected chi connectivity index (χ3v) is 6.77. The second-order valence-corrected chi connectivity index (χ2v) is 9.32. The van der Waals surface area contributed by atoms with Crippen LogP contribution in [-0.2, 0) is 0 Å². The molecule has 0 amide bonds. The molecule has 1 aliphatic carbocycles. The molecule has 0 aromatic carbocycles. The standard InChI is InChI=1S/C25H28N8/c1-16-10-17(2)27-21(11-16)29-25-30-22(28-20-6-8-32-9-7-26-23(32)12-20)13-24(31-25)33-14-18-4-3-5-19(18)15-33/h6-13,18-19H,3-5,14-15H2,1-2H3,(H2,27,28,29,30,31)/t18-,19+. The molecule has 0 unspecified atom stereocenters. The zero-order valence-electron chi connectivity index (χ0n) is 19.0. The molecule has 2 aliphatic rings. The number of nitrogens with zero attached hydrogens (tertiary/aromatic N) is 6. The van der Waals surface area contributed by atoms with E-state index in [2.05, 4.69) is 44.6 Å². The van der Waals surface area contributed by atoms with Crippen molar-refractivity contribution in [2.75, 3.05) is 28.6 Å². The van der Waals surface area contributed by atoms with Gasteiger partial charge in [-0.3, -0.25) is 0 Å². The van der Waals surface area contributed by atoms with E-state index < -0.39 is 0 Å². The summed E-state index contributed by atoms with van der Waals surface area (Å²) in [5, 5.41) is 6.79. The van der Waals surface area contributed by atoms with Crippen molar-refractivity contribution in [2.45, 2.75) is 33.1 Å². The number of hydrogen-bond acceptors (Lipinski definition) is 7. The van der Waals surface area contributed by atoms with Gasteiger partial charge in [-0.25, -0.2) is 9.97 Å². The highest BCUT2D eigenvalue weighted by molar-refractivity contribution is 5.66. The summed E-state index contributed by atoms with van der Waals surface area (Å²) in [7, 11) is 0. The lowest BCUT2D eigenvalue weighted by molar-refractivity contribution is 0.494. The van der Waals surface area contributed by atoms with Crippen LogP contribution in [0.15, 0.2) is 48.9 Å². The van der Waals surface area contributed by atoms with Crippen molar-refractivity contribution in [1.82, 2.24) is 24.3 Å². The molecule has 33 heavy (non-hydrogen) atoms. The fourth-order valence-corrected chi connectivity index (χ4v) is 5.29. The van der Waals surface area contributed by atoms with Crippen LogP contribution in [0.25, 0.3) is 5.65 Å². The molecule has 0 radical (unpaired) electrons. The van der Waals surface area contributed by atoms with Crippen LogP contribution in [0.3, 0.4) is 0 Å². The molecule has 1 saturated heterocycles. The normalized spacial score (nSPS) is 19.8. The molecule has 5 heterocycles. The van der Waals surface area contributed by atoms with Gasteiger partial charge in [-0.05, 0) is 62.3 Å². The van der Waals surface area contributed by atoms with Gasteiger partial charge in [0, 0.05) is 55.2 Å². The molecule has 168 valence electrons. The Morgan fingerprint density at radius 2 is 1.70 bits per heavy atom. The summed E-state index contributed by atoms with van der Waals surface area (Å²) in [6.45, 7) is 6.21. The topological polar surface area (TPSA) is 83.3 Å². The number of nitrogens with one attached hydrogen (secondary N) is 2. The average Bonchev–Trinajstić information content (AvgIpc) is 3.49. The van der Waals surface area contributed by atoms with Crippen LogP contribution >= 0.6 is 0 Å². The predicted molar refractivity (Wildman–Crippen MR) is 131 cm³/mol. The Labute approximate surface area is 193 Å². The van der Waals surface area contributed by atoms with Crippen LogP contribution in [0.5, 0.6) is 0 Å². The van der Waals surface area contributed by atoms with E-state index in [1.807, 2.05) is 41.9 Å². The summed E-state index contributed by atoms with van der Waals surface area (Å²) >= 11 is 0. The average molecular weight is 441 g/mol. The molecule has 2 atom stereocenters. The molecule has 2 fully saturated rings. The Kier molecular flexibility index (Phi) is 4.86. The van der Waals surface area contributed by atoms with Gasteiger partial charge in [-0.15, -0.1) is 0 Å². The van der Waals surface area contributed by atoms with Crippen molar-refractivity contribution in [1.29, 1.82) is 0 Å². The first-order valence-electron chi connectivity index (χ1n) is 11.7. The molecule has 6 rings (SSSR count). The maximum atomic E-state index is 4.89. The third kappa shape index (κ3) is 4.08. The first-order chi connectivity index (χ1) is 16.1. The van der Waals surface area contributed by atoms with Gasteiger partial charge >= 0.3 is 0 Å². The number of imidazole rings is 1. The van der Waals surface area contributed by atoms with Crippen LogP contribution in [0.1, 0.15) is 30.5 Å². The number of hydrogen-bond donors (Lipinski definition) is 2.